The fraction of sp³-hybridized carbons (Fsp3) is 0.417. The molecule has 1 aromatic carbocycles. The number of rotatable bonds is 1. The highest BCUT2D eigenvalue weighted by Crippen LogP contribution is 2.61. The van der Waals surface area contributed by atoms with Gasteiger partial charge in [-0.15, -0.1) is 0 Å². The van der Waals surface area contributed by atoms with Gasteiger partial charge in [0.15, 0.2) is 13.4 Å². The summed E-state index contributed by atoms with van der Waals surface area (Å²) in [6.07, 6.45) is 0.961. The van der Waals surface area contributed by atoms with E-state index in [-0.39, 0.29) is 11.5 Å². The zero-order valence-electron chi connectivity index (χ0n) is 9.69. The molecule has 2 rings (SSSR count). The van der Waals surface area contributed by atoms with Crippen LogP contribution in [0, 0.1) is 0 Å². The van der Waals surface area contributed by atoms with Crippen molar-refractivity contribution >= 4 is 18.7 Å². The van der Waals surface area contributed by atoms with Crippen LogP contribution in [0.1, 0.15) is 31.1 Å². The Balaban J connectivity index is 2.71. The number of benzene rings is 1. The van der Waals surface area contributed by atoms with Crippen LogP contribution in [0.2, 0.25) is 0 Å². The first-order valence-electron chi connectivity index (χ1n) is 5.21. The summed E-state index contributed by atoms with van der Waals surface area (Å²) in [4.78, 5) is 11.0. The van der Waals surface area contributed by atoms with Crippen molar-refractivity contribution in [2.45, 2.75) is 25.9 Å². The second-order valence-electron chi connectivity index (χ2n) is 5.00. The predicted molar refractivity (Wildman–Crippen MR) is 64.3 cm³/mol. The van der Waals surface area contributed by atoms with Gasteiger partial charge in [0, 0.05) is 10.7 Å². The van der Waals surface area contributed by atoms with Gasteiger partial charge in [0.05, 0.1) is 5.30 Å². The zero-order chi connectivity index (χ0) is 12.0. The maximum Gasteiger partial charge on any atom is 0.160 e. The summed E-state index contributed by atoms with van der Waals surface area (Å²) in [6, 6.07) is 5.22. The van der Waals surface area contributed by atoms with E-state index >= 15 is 0 Å². The molecule has 0 amide bonds. The molecule has 1 aromatic rings. The third kappa shape index (κ3) is 1.42. The third-order valence-corrected chi connectivity index (χ3v) is 6.86. The molecule has 0 saturated heterocycles. The van der Waals surface area contributed by atoms with Crippen molar-refractivity contribution in [3.63, 3.8) is 0 Å². The van der Waals surface area contributed by atoms with Crippen LogP contribution < -0.4 is 10.0 Å². The molecule has 0 bridgehead atoms. The molecule has 0 N–H and O–H groups in total. The van der Waals surface area contributed by atoms with Gasteiger partial charge in [-0.05, 0) is 6.07 Å². The van der Waals surface area contributed by atoms with Crippen LogP contribution >= 0.6 is 7.14 Å². The van der Waals surface area contributed by atoms with E-state index in [1.165, 1.54) is 0 Å². The van der Waals surface area contributed by atoms with Gasteiger partial charge in [-0.1, -0.05) is 32.9 Å². The number of hydrogen-bond acceptors (Lipinski definition) is 3. The van der Waals surface area contributed by atoms with Crippen molar-refractivity contribution in [2.75, 3.05) is 6.35 Å². The molecule has 1 aliphatic heterocycles. The molecule has 0 unspecified atom stereocenters. The van der Waals surface area contributed by atoms with E-state index in [0.29, 0.717) is 16.6 Å². The molecule has 0 saturated carbocycles. The molecular weight excluding hydrogens is 223 g/mol. The van der Waals surface area contributed by atoms with Gasteiger partial charge in [-0.2, -0.15) is 0 Å². The van der Waals surface area contributed by atoms with E-state index in [9.17, 15) is 9.36 Å². The minimum atomic E-state index is -2.65. The number of fused-ring (bicyclic) bond motifs is 1. The second kappa shape index (κ2) is 3.46. The van der Waals surface area contributed by atoms with Gasteiger partial charge in [-0.25, -0.2) is 0 Å². The van der Waals surface area contributed by atoms with E-state index < -0.39 is 7.14 Å². The lowest BCUT2D eigenvalue weighted by Crippen LogP contribution is -2.23. The molecule has 0 aliphatic carbocycles. The second-order valence-corrected chi connectivity index (χ2v) is 8.52. The quantitative estimate of drug-likeness (QED) is 0.558. The molecule has 0 fully saturated rings. The molecule has 1 atom stereocenters. The van der Waals surface area contributed by atoms with Crippen LogP contribution in [0.15, 0.2) is 18.2 Å². The summed E-state index contributed by atoms with van der Waals surface area (Å²) >= 11 is 0. The van der Waals surface area contributed by atoms with E-state index in [0.717, 1.165) is 6.29 Å². The Hall–Kier alpha value is -1.08. The molecule has 0 radical (unpaired) electrons. The minimum absolute atomic E-state index is 0.205. The summed E-state index contributed by atoms with van der Waals surface area (Å²) in [5.41, 5.74) is 0.494. The van der Waals surface area contributed by atoms with E-state index in [2.05, 4.69) is 0 Å². The van der Waals surface area contributed by atoms with Crippen LogP contribution in [-0.4, -0.2) is 17.8 Å². The van der Waals surface area contributed by atoms with Crippen molar-refractivity contribution in [3.05, 3.63) is 23.8 Å². The number of aldehydes is 1. The molecular formula is C12H15O3P. The minimum Gasteiger partial charge on any atom is -0.485 e. The Morgan fingerprint density at radius 3 is 2.62 bits per heavy atom. The van der Waals surface area contributed by atoms with Gasteiger partial charge in [0.2, 0.25) is 0 Å². The van der Waals surface area contributed by atoms with Crippen LogP contribution in [0.4, 0.5) is 0 Å². The lowest BCUT2D eigenvalue weighted by Gasteiger charge is -2.26. The molecule has 3 nitrogen and oxygen atoms in total. The summed E-state index contributed by atoms with van der Waals surface area (Å²) in [7, 11) is -2.65. The van der Waals surface area contributed by atoms with Gasteiger partial charge >= 0.3 is 0 Å². The van der Waals surface area contributed by atoms with Crippen molar-refractivity contribution < 1.29 is 14.1 Å². The van der Waals surface area contributed by atoms with Crippen LogP contribution in [-0.2, 0) is 4.57 Å². The Morgan fingerprint density at radius 1 is 1.38 bits per heavy atom. The van der Waals surface area contributed by atoms with E-state index in [1.54, 1.807) is 18.2 Å². The first-order chi connectivity index (χ1) is 7.40. The first-order valence-corrected chi connectivity index (χ1v) is 7.10. The van der Waals surface area contributed by atoms with Gasteiger partial charge in [0.1, 0.15) is 12.1 Å². The lowest BCUT2D eigenvalue weighted by atomic mass is 10.2. The smallest absolute Gasteiger partial charge is 0.160 e. The third-order valence-electron chi connectivity index (χ3n) is 3.00. The van der Waals surface area contributed by atoms with Crippen molar-refractivity contribution in [1.29, 1.82) is 0 Å². The normalized spacial score (nSPS) is 23.7. The Kier molecular flexibility index (Phi) is 2.47. The first kappa shape index (κ1) is 11.4. The number of carbonyl (C=O) groups excluding carboxylic acids is 1. The van der Waals surface area contributed by atoms with E-state index in [4.69, 9.17) is 4.74 Å². The molecule has 1 heterocycles. The summed E-state index contributed by atoms with van der Waals surface area (Å²) < 4.78 is 18.4. The molecule has 16 heavy (non-hydrogen) atoms. The van der Waals surface area contributed by atoms with Crippen LogP contribution in [0.25, 0.3) is 0 Å². The number of hydrogen-bond donors (Lipinski definition) is 0. The lowest BCUT2D eigenvalue weighted by molar-refractivity contribution is 0.112. The highest BCUT2D eigenvalue weighted by Gasteiger charge is 2.46. The topological polar surface area (TPSA) is 43.4 Å². The molecule has 1 aliphatic rings. The average molecular weight is 238 g/mol. The highest BCUT2D eigenvalue weighted by molar-refractivity contribution is 7.73. The predicted octanol–water partition coefficient (Wildman–Crippen LogP) is 2.64. The van der Waals surface area contributed by atoms with Crippen molar-refractivity contribution in [1.82, 2.24) is 0 Å². The Labute approximate surface area is 95.2 Å². The summed E-state index contributed by atoms with van der Waals surface area (Å²) in [6.45, 7) is 5.77. The van der Waals surface area contributed by atoms with Crippen LogP contribution in [0.3, 0.4) is 0 Å². The van der Waals surface area contributed by atoms with Gasteiger partial charge < -0.3 is 9.30 Å². The average Bonchev–Trinajstić information content (AvgIpc) is 2.57. The summed E-state index contributed by atoms with van der Waals surface area (Å²) in [5, 5.41) is 0.245. The fourth-order valence-corrected chi connectivity index (χ4v) is 4.44. The molecule has 86 valence electrons. The Bertz CT molecular complexity index is 486. The largest absolute Gasteiger partial charge is 0.485 e. The van der Waals surface area contributed by atoms with Crippen molar-refractivity contribution in [2.24, 2.45) is 0 Å². The van der Waals surface area contributed by atoms with Crippen molar-refractivity contribution in [3.8, 4) is 5.75 Å². The number of ether oxygens (including phenoxy) is 1. The Morgan fingerprint density at radius 2 is 2.06 bits per heavy atom. The molecule has 0 spiro atoms. The highest BCUT2D eigenvalue weighted by atomic mass is 31.2. The van der Waals surface area contributed by atoms with Crippen LogP contribution in [0.5, 0.6) is 5.75 Å². The molecule has 4 heteroatoms. The standard InChI is InChI=1S/C12H15O3P/c1-12(2,3)16(14)8-15-10-6-4-5-9(7-13)11(10)16/h4-7H,8H2,1-3H3/t16-/m0/s1. The monoisotopic (exact) mass is 238 g/mol. The fourth-order valence-electron chi connectivity index (χ4n) is 1.89. The summed E-state index contributed by atoms with van der Waals surface area (Å²) in [5.74, 6) is 0.600. The van der Waals surface area contributed by atoms with E-state index in [1.807, 2.05) is 20.8 Å². The maximum absolute atomic E-state index is 13.0. The maximum atomic E-state index is 13.0. The number of carbonyl (C=O) groups is 1. The van der Waals surface area contributed by atoms with Gasteiger partial charge in [-0.3, -0.25) is 4.79 Å². The SMILES string of the molecule is CC(C)(C)[P@]1(=O)COc2cccc(C=O)c21. The van der Waals surface area contributed by atoms with Gasteiger partial charge in [0.25, 0.3) is 0 Å². The zero-order valence-corrected chi connectivity index (χ0v) is 10.6. The molecule has 0 aromatic heterocycles.